The first-order valence-electron chi connectivity index (χ1n) is 30.7. The first kappa shape index (κ1) is 60.7. The molecule has 14 rings (SSSR count). The number of methoxy groups -OCH3 is 3. The van der Waals surface area contributed by atoms with E-state index in [1.807, 2.05) is 79.7 Å². The Balaban J connectivity index is 0.000000154. The van der Waals surface area contributed by atoms with Crippen LogP contribution in [0.25, 0.3) is 65.7 Å². The summed E-state index contributed by atoms with van der Waals surface area (Å²) in [4.78, 5) is 46.0. The number of aryl methyl sites for hydroxylation is 2. The second-order valence-electron chi connectivity index (χ2n) is 25.7. The van der Waals surface area contributed by atoms with Crippen LogP contribution in [-0.2, 0) is 13.0 Å². The normalized spacial score (nSPS) is 20.4. The van der Waals surface area contributed by atoms with Crippen molar-refractivity contribution < 1.29 is 33.3 Å². The fourth-order valence-corrected chi connectivity index (χ4v) is 14.7. The number of benzene rings is 8. The smallest absolute Gasteiger partial charge is 0.163 e. The van der Waals surface area contributed by atoms with Crippen LogP contribution in [0.3, 0.4) is 0 Å². The Morgan fingerprint density at radius 3 is 1.52 bits per heavy atom. The molecular weight excluding hydrogens is 1110 g/mol. The molecule has 0 saturated heterocycles. The molecule has 0 radical (unpaired) electrons. The molecular formula is C74H80ClN5O7. The molecule has 8 aromatic carbocycles. The number of halogens is 1. The van der Waals surface area contributed by atoms with Gasteiger partial charge in [0.05, 0.1) is 65.5 Å². The average Bonchev–Trinajstić information content (AvgIpc) is 0.930. The van der Waals surface area contributed by atoms with E-state index >= 15 is 0 Å². The third-order valence-electron chi connectivity index (χ3n) is 19.2. The largest absolute Gasteiger partial charge is 0.497 e. The summed E-state index contributed by atoms with van der Waals surface area (Å²) in [5.74, 6) is 7.53. The summed E-state index contributed by atoms with van der Waals surface area (Å²) >= 11 is 0. The van der Waals surface area contributed by atoms with Crippen LogP contribution in [0.2, 0.25) is 0 Å². The predicted molar refractivity (Wildman–Crippen MR) is 352 cm³/mol. The molecule has 4 aliphatic rings. The van der Waals surface area contributed by atoms with Crippen LogP contribution in [0, 0.1) is 30.6 Å². The minimum atomic E-state index is -0.240. The highest BCUT2D eigenvalue weighted by Gasteiger charge is 2.49. The van der Waals surface area contributed by atoms with Crippen molar-refractivity contribution in [3.63, 3.8) is 0 Å². The van der Waals surface area contributed by atoms with E-state index in [0.717, 1.165) is 130 Å². The molecule has 2 aliphatic heterocycles. The van der Waals surface area contributed by atoms with Gasteiger partial charge in [-0.05, 0) is 157 Å². The quantitative estimate of drug-likeness (QED) is 0.0830. The van der Waals surface area contributed by atoms with Gasteiger partial charge in [0, 0.05) is 80.2 Å². The first-order valence-corrected chi connectivity index (χ1v) is 30.7. The van der Waals surface area contributed by atoms with Gasteiger partial charge in [-0.2, -0.15) is 0 Å². The lowest BCUT2D eigenvalue weighted by atomic mass is 9.64. The number of fused-ring (bicyclic) bond motifs is 18. The number of aromatic nitrogens is 4. The molecule has 2 N–H and O–H groups in total. The molecule has 10 aromatic rings. The molecule has 0 bridgehead atoms. The van der Waals surface area contributed by atoms with Crippen molar-refractivity contribution in [2.24, 2.45) is 29.4 Å². The number of hydrogen-bond acceptors (Lipinski definition) is 12. The van der Waals surface area contributed by atoms with E-state index in [1.165, 1.54) is 30.4 Å². The van der Waals surface area contributed by atoms with Gasteiger partial charge in [-0.3, -0.25) is 9.59 Å². The molecule has 2 aromatic heterocycles. The standard InChI is InChI=1S/C37H38N2O3.C28H28N2O2.C9H13NO2.ClH/c1-21-11-15-28-27(18-21)33-35-34(25-8-6-7-9-26(25)36(33)42-37(28,3)4)39-30-20-24(13-16-29(30)38-35)31(40)17-14-23-12-10-22(2)19-32(23)41-5;1-15-9-11-21-20(13-15)24-26-25(30-23-14-17(16(2)31)10-12-22(23)29-26)18-7-5-6-8-19(18)27(24)32-28(21,3)4;1-11-8-4-3-7(6-10)9(5-8)12-2;/h6-10,12-13,16,19-21,27-28H,11,14-15,17-18H2,1-5H3;5-8,10,12,14-15,20-21H,9,11,13H2,1-4H3;3-5H,6,10H2,1-2H3;1H/t21-,27-,28-;15-,20-,21-;;/m00../s1. The Labute approximate surface area is 516 Å². The molecule has 6 atom stereocenters. The summed E-state index contributed by atoms with van der Waals surface area (Å²) < 4.78 is 29.4. The van der Waals surface area contributed by atoms with Crippen LogP contribution in [0.5, 0.6) is 28.7 Å². The summed E-state index contributed by atoms with van der Waals surface area (Å²) in [5, 5.41) is 4.30. The maximum Gasteiger partial charge on any atom is 0.163 e. The van der Waals surface area contributed by atoms with Gasteiger partial charge in [-0.1, -0.05) is 93.4 Å². The predicted octanol–water partition coefficient (Wildman–Crippen LogP) is 17.2. The van der Waals surface area contributed by atoms with Gasteiger partial charge in [-0.15, -0.1) is 12.4 Å². The molecule has 450 valence electrons. The highest BCUT2D eigenvalue weighted by atomic mass is 35.5. The second-order valence-corrected chi connectivity index (χ2v) is 25.7. The lowest BCUT2D eigenvalue weighted by molar-refractivity contribution is -0.0118. The van der Waals surface area contributed by atoms with E-state index in [1.54, 1.807) is 28.3 Å². The summed E-state index contributed by atoms with van der Waals surface area (Å²) in [6.07, 6.45) is 8.13. The third-order valence-corrected chi connectivity index (χ3v) is 19.2. The topological polar surface area (TPSA) is 158 Å². The fraction of sp³-hybridized carbons (Fsp3) is 0.378. The summed E-state index contributed by atoms with van der Waals surface area (Å²) in [7, 11) is 4.92. The van der Waals surface area contributed by atoms with Crippen molar-refractivity contribution in [1.29, 1.82) is 0 Å². The number of carbonyl (C=O) groups excluding carboxylic acids is 2. The Kier molecular flexibility index (Phi) is 17.0. The highest BCUT2D eigenvalue weighted by Crippen LogP contribution is 2.58. The third kappa shape index (κ3) is 11.4. The number of ketones is 2. The van der Waals surface area contributed by atoms with E-state index in [0.29, 0.717) is 66.0 Å². The van der Waals surface area contributed by atoms with Crippen LogP contribution < -0.4 is 29.4 Å². The molecule has 0 spiro atoms. The van der Waals surface area contributed by atoms with Gasteiger partial charge < -0.3 is 29.4 Å². The summed E-state index contributed by atoms with van der Waals surface area (Å²) in [5.41, 5.74) is 18.9. The van der Waals surface area contributed by atoms with Crippen LogP contribution in [-0.4, -0.2) is 64.0 Å². The van der Waals surface area contributed by atoms with E-state index in [9.17, 15) is 9.59 Å². The zero-order valence-corrected chi connectivity index (χ0v) is 52.8. The zero-order valence-electron chi connectivity index (χ0n) is 52.0. The number of nitrogens with two attached hydrogens (primary N) is 1. The number of hydrogen-bond donors (Lipinski definition) is 1. The monoisotopic (exact) mass is 1190 g/mol. The molecule has 2 saturated carbocycles. The summed E-state index contributed by atoms with van der Waals surface area (Å²) in [6.45, 7) is 17.8. The molecule has 2 aliphatic carbocycles. The number of Topliss-reactive ketones (excluding diaryl/α,β-unsaturated/α-hetero) is 2. The minimum Gasteiger partial charge on any atom is -0.497 e. The van der Waals surface area contributed by atoms with Gasteiger partial charge >= 0.3 is 0 Å². The minimum absolute atomic E-state index is 0. The lowest BCUT2D eigenvalue weighted by Gasteiger charge is -2.49. The van der Waals surface area contributed by atoms with E-state index in [2.05, 4.69) is 90.1 Å². The van der Waals surface area contributed by atoms with Crippen LogP contribution in [0.1, 0.15) is 154 Å². The van der Waals surface area contributed by atoms with Crippen LogP contribution >= 0.6 is 12.4 Å². The number of ether oxygens (including phenoxy) is 5. The van der Waals surface area contributed by atoms with Gasteiger partial charge in [0.15, 0.2) is 11.6 Å². The van der Waals surface area contributed by atoms with Crippen LogP contribution in [0.15, 0.2) is 121 Å². The highest BCUT2D eigenvalue weighted by molar-refractivity contribution is 6.13. The molecule has 0 unspecified atom stereocenters. The van der Waals surface area contributed by atoms with E-state index in [-0.39, 0.29) is 35.2 Å². The molecule has 4 heterocycles. The maximum atomic E-state index is 13.3. The van der Waals surface area contributed by atoms with Gasteiger partial charge in [-0.25, -0.2) is 19.9 Å². The second kappa shape index (κ2) is 24.3. The van der Waals surface area contributed by atoms with Crippen molar-refractivity contribution in [2.45, 2.75) is 136 Å². The average molecular weight is 1190 g/mol. The van der Waals surface area contributed by atoms with Crippen molar-refractivity contribution in [2.75, 3.05) is 21.3 Å². The lowest BCUT2D eigenvalue weighted by Crippen LogP contribution is -2.46. The molecule has 2 fully saturated rings. The van der Waals surface area contributed by atoms with Crippen molar-refractivity contribution in [3.8, 4) is 28.7 Å². The molecule has 12 nitrogen and oxygen atoms in total. The van der Waals surface area contributed by atoms with Gasteiger partial charge in [0.1, 0.15) is 39.9 Å². The van der Waals surface area contributed by atoms with Gasteiger partial charge in [0.25, 0.3) is 0 Å². The Bertz CT molecular complexity index is 4310. The van der Waals surface area contributed by atoms with Crippen molar-refractivity contribution >= 4 is 89.7 Å². The molecule has 13 heteroatoms. The number of carbonyl (C=O) groups is 2. The first-order chi connectivity index (χ1) is 41.4. The number of nitrogens with zero attached hydrogens (tertiary/aromatic N) is 4. The van der Waals surface area contributed by atoms with Crippen molar-refractivity contribution in [1.82, 2.24) is 19.9 Å². The van der Waals surface area contributed by atoms with E-state index < -0.39 is 0 Å². The Hall–Kier alpha value is -7.93. The van der Waals surface area contributed by atoms with Gasteiger partial charge in [0.2, 0.25) is 0 Å². The Morgan fingerprint density at radius 1 is 0.552 bits per heavy atom. The van der Waals surface area contributed by atoms with Crippen LogP contribution in [0.4, 0.5) is 0 Å². The fourth-order valence-electron chi connectivity index (χ4n) is 14.7. The summed E-state index contributed by atoms with van der Waals surface area (Å²) in [6, 6.07) is 39.9. The molecule has 87 heavy (non-hydrogen) atoms. The maximum absolute atomic E-state index is 13.3. The zero-order chi connectivity index (χ0) is 60.3. The van der Waals surface area contributed by atoms with Crippen molar-refractivity contribution in [3.05, 3.63) is 160 Å². The SMILES string of the molecule is CC(=O)c1ccc2nc3c4c(c5ccccc5c3nc2c1)OC(C)(C)[C@H]1CC[C@H](C)C[C@H]41.COc1cc(C)ccc1CCC(=O)c1ccc2nc3c4c(c5ccccc5c3nc2c1)OC(C)(C)[C@H]1CC[C@H](C)C[C@H]41.COc1ccc(CN)c(OC)c1.Cl. The Morgan fingerprint density at radius 2 is 1.02 bits per heavy atom. The molecule has 0 amide bonds. The van der Waals surface area contributed by atoms with E-state index in [4.69, 9.17) is 49.4 Å². The number of rotatable bonds is 9.